The Morgan fingerprint density at radius 2 is 2.42 bits per heavy atom. The number of halogens is 1. The Balaban J connectivity index is 2.74. The molecule has 0 spiro atoms. The number of nitrogens with one attached hydrogen (secondary N) is 1. The maximum absolute atomic E-state index is 5.90. The largest absolute Gasteiger partial charge is 0.358 e. The van der Waals surface area contributed by atoms with E-state index in [1.54, 1.807) is 6.20 Å². The van der Waals surface area contributed by atoms with Gasteiger partial charge in [-0.15, -0.1) is 0 Å². The topological polar surface area (TPSA) is 28.7 Å². The molecular weight excluding hydrogens is 172 g/mol. The number of aryl methyl sites for hydroxylation is 1. The monoisotopic (exact) mass is 180 g/mol. The molecule has 0 aliphatic heterocycles. The molecule has 2 aromatic heterocycles. The highest BCUT2D eigenvalue weighted by atomic mass is 35.5. The van der Waals surface area contributed by atoms with Crippen LogP contribution < -0.4 is 0 Å². The van der Waals surface area contributed by atoms with E-state index in [0.717, 1.165) is 17.3 Å². The molecule has 62 valence electrons. The molecule has 0 saturated carbocycles. The first-order valence-electron chi connectivity index (χ1n) is 3.93. The van der Waals surface area contributed by atoms with Gasteiger partial charge in [0.25, 0.3) is 0 Å². The number of rotatable bonds is 1. The molecule has 0 radical (unpaired) electrons. The molecule has 0 aliphatic carbocycles. The van der Waals surface area contributed by atoms with E-state index in [1.165, 1.54) is 5.69 Å². The van der Waals surface area contributed by atoms with E-state index in [1.807, 2.05) is 12.1 Å². The van der Waals surface area contributed by atoms with Crippen molar-refractivity contribution in [1.29, 1.82) is 0 Å². The number of hydrogen-bond donors (Lipinski definition) is 1. The van der Waals surface area contributed by atoms with Gasteiger partial charge in [0.05, 0.1) is 5.52 Å². The van der Waals surface area contributed by atoms with Crippen LogP contribution in [0.5, 0.6) is 0 Å². The summed E-state index contributed by atoms with van der Waals surface area (Å²) in [5, 5.41) is 1.58. The van der Waals surface area contributed by atoms with E-state index in [9.17, 15) is 0 Å². The molecule has 0 unspecified atom stereocenters. The minimum Gasteiger partial charge on any atom is -0.358 e. The average molecular weight is 181 g/mol. The first-order chi connectivity index (χ1) is 5.81. The van der Waals surface area contributed by atoms with Crippen molar-refractivity contribution in [3.8, 4) is 0 Å². The lowest BCUT2D eigenvalue weighted by Crippen LogP contribution is -1.75. The van der Waals surface area contributed by atoms with Gasteiger partial charge in [0.2, 0.25) is 0 Å². The molecule has 0 aliphatic rings. The van der Waals surface area contributed by atoms with Crippen LogP contribution in [-0.2, 0) is 6.42 Å². The first kappa shape index (κ1) is 7.62. The van der Waals surface area contributed by atoms with Crippen molar-refractivity contribution in [2.24, 2.45) is 0 Å². The minimum absolute atomic E-state index is 0.573. The molecule has 2 rings (SSSR count). The van der Waals surface area contributed by atoms with Gasteiger partial charge in [-0.3, -0.25) is 0 Å². The first-order valence-corrected chi connectivity index (χ1v) is 4.31. The van der Waals surface area contributed by atoms with Crippen molar-refractivity contribution in [1.82, 2.24) is 9.97 Å². The van der Waals surface area contributed by atoms with Crippen LogP contribution in [0.4, 0.5) is 0 Å². The highest BCUT2D eigenvalue weighted by Crippen LogP contribution is 2.21. The van der Waals surface area contributed by atoms with Gasteiger partial charge < -0.3 is 4.98 Å². The number of aromatic nitrogens is 2. The Morgan fingerprint density at radius 1 is 1.58 bits per heavy atom. The molecule has 2 nitrogen and oxygen atoms in total. The molecule has 2 aromatic rings. The fraction of sp³-hybridized carbons (Fsp3) is 0.222. The van der Waals surface area contributed by atoms with Crippen molar-refractivity contribution in [3.63, 3.8) is 0 Å². The molecule has 1 N–H and O–H groups in total. The minimum atomic E-state index is 0.573. The van der Waals surface area contributed by atoms with Crippen LogP contribution in [0.1, 0.15) is 12.6 Å². The zero-order valence-corrected chi connectivity index (χ0v) is 7.52. The Morgan fingerprint density at radius 3 is 3.08 bits per heavy atom. The smallest absolute Gasteiger partial charge is 0.138 e. The van der Waals surface area contributed by atoms with Gasteiger partial charge in [0.1, 0.15) is 5.15 Å². The molecule has 3 heteroatoms. The van der Waals surface area contributed by atoms with Crippen LogP contribution >= 0.6 is 11.6 Å². The second-order valence-electron chi connectivity index (χ2n) is 2.71. The zero-order chi connectivity index (χ0) is 8.55. The maximum Gasteiger partial charge on any atom is 0.138 e. The molecular formula is C9H9ClN2. The van der Waals surface area contributed by atoms with Crippen LogP contribution in [0.25, 0.3) is 10.9 Å². The predicted octanol–water partition coefficient (Wildman–Crippen LogP) is 2.78. The standard InChI is InChI=1S/C9H9ClN2/c1-2-6-5-7-8(12-6)3-4-11-9(7)10/h3-5,12H,2H2,1H3. The van der Waals surface area contributed by atoms with Gasteiger partial charge in [-0.25, -0.2) is 4.98 Å². The summed E-state index contributed by atoms with van der Waals surface area (Å²) in [6.45, 7) is 2.10. The van der Waals surface area contributed by atoms with Crippen LogP contribution in [0.2, 0.25) is 5.15 Å². The van der Waals surface area contributed by atoms with Crippen molar-refractivity contribution in [3.05, 3.63) is 29.2 Å². The molecule has 0 amide bonds. The second-order valence-corrected chi connectivity index (χ2v) is 3.07. The lowest BCUT2D eigenvalue weighted by Gasteiger charge is -1.89. The summed E-state index contributed by atoms with van der Waals surface area (Å²) in [6.07, 6.45) is 2.70. The van der Waals surface area contributed by atoms with E-state index in [0.29, 0.717) is 5.15 Å². The Kier molecular flexibility index (Phi) is 1.77. The molecule has 12 heavy (non-hydrogen) atoms. The highest BCUT2D eigenvalue weighted by Gasteiger charge is 2.02. The second kappa shape index (κ2) is 2.79. The predicted molar refractivity (Wildman–Crippen MR) is 50.5 cm³/mol. The van der Waals surface area contributed by atoms with Crippen molar-refractivity contribution >= 4 is 22.5 Å². The summed E-state index contributed by atoms with van der Waals surface area (Å²) in [6, 6.07) is 3.98. The fourth-order valence-electron chi connectivity index (χ4n) is 1.27. The number of pyridine rings is 1. The quantitative estimate of drug-likeness (QED) is 0.672. The fourth-order valence-corrected chi connectivity index (χ4v) is 1.48. The van der Waals surface area contributed by atoms with Crippen LogP contribution in [0, 0.1) is 0 Å². The third-order valence-corrected chi connectivity index (χ3v) is 2.24. The Labute approximate surface area is 75.6 Å². The number of fused-ring (bicyclic) bond motifs is 1. The van der Waals surface area contributed by atoms with Gasteiger partial charge >= 0.3 is 0 Å². The third-order valence-electron chi connectivity index (χ3n) is 1.94. The Hall–Kier alpha value is -1.02. The number of hydrogen-bond acceptors (Lipinski definition) is 1. The van der Waals surface area contributed by atoms with Gasteiger partial charge in [-0.1, -0.05) is 18.5 Å². The van der Waals surface area contributed by atoms with Crippen molar-refractivity contribution in [2.45, 2.75) is 13.3 Å². The highest BCUT2D eigenvalue weighted by molar-refractivity contribution is 6.34. The van der Waals surface area contributed by atoms with E-state index in [4.69, 9.17) is 11.6 Å². The van der Waals surface area contributed by atoms with Crippen LogP contribution in [0.15, 0.2) is 18.3 Å². The molecule has 0 aromatic carbocycles. The number of aromatic amines is 1. The molecule has 0 fully saturated rings. The summed E-state index contributed by atoms with van der Waals surface area (Å²) in [5.41, 5.74) is 2.26. The zero-order valence-electron chi connectivity index (χ0n) is 6.76. The van der Waals surface area contributed by atoms with E-state index in [2.05, 4.69) is 16.9 Å². The molecule has 0 bridgehead atoms. The lowest BCUT2D eigenvalue weighted by atomic mass is 10.3. The van der Waals surface area contributed by atoms with E-state index in [-0.39, 0.29) is 0 Å². The molecule has 2 heterocycles. The Bertz CT molecular complexity index is 406. The maximum atomic E-state index is 5.90. The van der Waals surface area contributed by atoms with Gasteiger partial charge in [0, 0.05) is 17.3 Å². The van der Waals surface area contributed by atoms with Gasteiger partial charge in [-0.2, -0.15) is 0 Å². The van der Waals surface area contributed by atoms with Crippen molar-refractivity contribution < 1.29 is 0 Å². The summed E-state index contributed by atoms with van der Waals surface area (Å²) < 4.78 is 0. The van der Waals surface area contributed by atoms with Gasteiger partial charge in [-0.05, 0) is 18.6 Å². The summed E-state index contributed by atoms with van der Waals surface area (Å²) in [5.74, 6) is 0. The van der Waals surface area contributed by atoms with Crippen LogP contribution in [0.3, 0.4) is 0 Å². The molecule has 0 atom stereocenters. The SMILES string of the molecule is CCc1cc2c(Cl)nccc2[nH]1. The lowest BCUT2D eigenvalue weighted by molar-refractivity contribution is 1.07. The summed E-state index contributed by atoms with van der Waals surface area (Å²) in [7, 11) is 0. The van der Waals surface area contributed by atoms with Crippen LogP contribution in [-0.4, -0.2) is 9.97 Å². The summed E-state index contributed by atoms with van der Waals surface area (Å²) >= 11 is 5.90. The van der Waals surface area contributed by atoms with Gasteiger partial charge in [0.15, 0.2) is 0 Å². The molecule has 0 saturated heterocycles. The number of H-pyrrole nitrogens is 1. The number of nitrogens with zero attached hydrogens (tertiary/aromatic N) is 1. The third kappa shape index (κ3) is 1.08. The van der Waals surface area contributed by atoms with Crippen molar-refractivity contribution in [2.75, 3.05) is 0 Å². The van der Waals surface area contributed by atoms with E-state index < -0.39 is 0 Å². The average Bonchev–Trinajstić information content (AvgIpc) is 2.49. The normalized spacial score (nSPS) is 10.8. The van der Waals surface area contributed by atoms with E-state index >= 15 is 0 Å². The summed E-state index contributed by atoms with van der Waals surface area (Å²) in [4.78, 5) is 7.26.